The monoisotopic (exact) mass is 510 g/mol. The number of carbonyl (C=O) groups is 1. The molecular formula is C26H24Cl2N4OS. The molecule has 5 nitrogen and oxygen atoms in total. The van der Waals surface area contributed by atoms with Gasteiger partial charge >= 0.3 is 0 Å². The van der Waals surface area contributed by atoms with Gasteiger partial charge in [-0.3, -0.25) is 9.36 Å². The predicted octanol–water partition coefficient (Wildman–Crippen LogP) is 6.35. The molecule has 0 aliphatic rings. The van der Waals surface area contributed by atoms with E-state index >= 15 is 0 Å². The Morgan fingerprint density at radius 2 is 1.59 bits per heavy atom. The van der Waals surface area contributed by atoms with E-state index < -0.39 is 0 Å². The Balaban J connectivity index is 1.40. The number of aromatic nitrogens is 3. The quantitative estimate of drug-likeness (QED) is 0.199. The number of amides is 1. The normalized spacial score (nSPS) is 10.9. The largest absolute Gasteiger partial charge is 0.352 e. The van der Waals surface area contributed by atoms with Crippen molar-refractivity contribution < 1.29 is 4.79 Å². The zero-order valence-corrected chi connectivity index (χ0v) is 20.8. The van der Waals surface area contributed by atoms with Crippen LogP contribution in [0, 0.1) is 0 Å². The molecule has 3 aromatic carbocycles. The summed E-state index contributed by atoms with van der Waals surface area (Å²) in [6, 6.07) is 25.5. The van der Waals surface area contributed by atoms with Gasteiger partial charge in [-0.2, -0.15) is 0 Å². The molecule has 0 saturated heterocycles. The molecule has 0 aliphatic heterocycles. The zero-order valence-electron chi connectivity index (χ0n) is 18.5. The van der Waals surface area contributed by atoms with Gasteiger partial charge in [-0.25, -0.2) is 0 Å². The van der Waals surface area contributed by atoms with Gasteiger partial charge < -0.3 is 5.32 Å². The number of hydrogen-bond acceptors (Lipinski definition) is 4. The lowest BCUT2D eigenvalue weighted by molar-refractivity contribution is -0.121. The third-order valence-corrected chi connectivity index (χ3v) is 6.93. The Labute approximate surface area is 213 Å². The van der Waals surface area contributed by atoms with Gasteiger partial charge in [0.15, 0.2) is 5.16 Å². The molecular weight excluding hydrogens is 487 g/mol. The maximum Gasteiger partial charge on any atom is 0.220 e. The van der Waals surface area contributed by atoms with Crippen molar-refractivity contribution >= 4 is 40.9 Å². The van der Waals surface area contributed by atoms with Crippen LogP contribution in [0.2, 0.25) is 10.0 Å². The van der Waals surface area contributed by atoms with E-state index in [1.807, 2.05) is 65.2 Å². The average Bonchev–Trinajstić information content (AvgIpc) is 3.25. The Hall–Kier alpha value is -2.80. The second-order valence-corrected chi connectivity index (χ2v) is 9.59. The fraction of sp³-hybridized carbons (Fsp3) is 0.192. The molecule has 0 bridgehead atoms. The van der Waals surface area contributed by atoms with Crippen molar-refractivity contribution in [3.63, 3.8) is 0 Å². The number of benzene rings is 3. The maximum atomic E-state index is 12.2. The molecule has 0 fully saturated rings. The van der Waals surface area contributed by atoms with Gasteiger partial charge in [-0.15, -0.1) is 10.2 Å². The highest BCUT2D eigenvalue weighted by atomic mass is 35.5. The summed E-state index contributed by atoms with van der Waals surface area (Å²) in [5, 5.41) is 13.6. The Bertz CT molecular complexity index is 1230. The van der Waals surface area contributed by atoms with Gasteiger partial charge in [-0.05, 0) is 35.7 Å². The molecule has 1 heterocycles. The molecule has 174 valence electrons. The average molecular weight is 511 g/mol. The first-order chi connectivity index (χ1) is 16.6. The molecule has 1 amide bonds. The lowest BCUT2D eigenvalue weighted by atomic mass is 10.1. The van der Waals surface area contributed by atoms with Gasteiger partial charge in [0.05, 0.1) is 15.7 Å². The maximum absolute atomic E-state index is 12.2. The molecule has 34 heavy (non-hydrogen) atoms. The van der Waals surface area contributed by atoms with Crippen molar-refractivity contribution in [2.24, 2.45) is 0 Å². The van der Waals surface area contributed by atoms with Gasteiger partial charge in [0.2, 0.25) is 5.91 Å². The molecule has 0 unspecified atom stereocenters. The van der Waals surface area contributed by atoms with Crippen LogP contribution in [0.15, 0.2) is 84.0 Å². The highest BCUT2D eigenvalue weighted by Gasteiger charge is 2.16. The fourth-order valence-corrected chi connectivity index (χ4v) is 4.65. The lowest BCUT2D eigenvalue weighted by Gasteiger charge is -2.11. The third kappa shape index (κ3) is 6.63. The number of carbonyl (C=O) groups excluding carboxylic acids is 1. The van der Waals surface area contributed by atoms with E-state index in [9.17, 15) is 4.79 Å². The highest BCUT2D eigenvalue weighted by molar-refractivity contribution is 7.99. The minimum atomic E-state index is 0.0418. The van der Waals surface area contributed by atoms with E-state index in [0.29, 0.717) is 29.4 Å². The van der Waals surface area contributed by atoms with Crippen molar-refractivity contribution in [3.05, 3.63) is 106 Å². The molecule has 0 radical (unpaired) electrons. The second-order valence-electron chi connectivity index (χ2n) is 7.71. The van der Waals surface area contributed by atoms with E-state index in [2.05, 4.69) is 27.6 Å². The van der Waals surface area contributed by atoms with E-state index in [1.165, 1.54) is 0 Å². The van der Waals surface area contributed by atoms with E-state index in [-0.39, 0.29) is 5.91 Å². The van der Waals surface area contributed by atoms with Crippen molar-refractivity contribution in [1.82, 2.24) is 20.1 Å². The molecule has 1 N–H and O–H groups in total. The summed E-state index contributed by atoms with van der Waals surface area (Å²) in [5.41, 5.74) is 3.09. The number of rotatable bonds is 10. The standard InChI is InChI=1S/C26H24Cl2N4OS/c27-22-14-13-21(17-23(22)28)32-24(16-19-8-3-1-4-9-19)30-31-26(32)34-15-7-12-25(33)29-18-20-10-5-2-6-11-20/h1-6,8-11,13-14,17H,7,12,15-16,18H2,(H,29,33). The van der Waals surface area contributed by atoms with Gasteiger partial charge in [0.25, 0.3) is 0 Å². The smallest absolute Gasteiger partial charge is 0.220 e. The summed E-state index contributed by atoms with van der Waals surface area (Å²) >= 11 is 14.0. The van der Waals surface area contributed by atoms with E-state index in [0.717, 1.165) is 40.0 Å². The summed E-state index contributed by atoms with van der Waals surface area (Å²) in [4.78, 5) is 12.2. The summed E-state index contributed by atoms with van der Waals surface area (Å²) in [6.07, 6.45) is 1.82. The van der Waals surface area contributed by atoms with Crippen LogP contribution in [0.3, 0.4) is 0 Å². The minimum absolute atomic E-state index is 0.0418. The molecule has 0 aliphatic carbocycles. The Kier molecular flexibility index (Phi) is 8.63. The number of thioether (sulfide) groups is 1. The SMILES string of the molecule is O=C(CCCSc1nnc(Cc2ccccc2)n1-c1ccc(Cl)c(Cl)c1)NCc1ccccc1. The summed E-state index contributed by atoms with van der Waals surface area (Å²) in [6.45, 7) is 0.543. The summed E-state index contributed by atoms with van der Waals surface area (Å²) < 4.78 is 2.01. The van der Waals surface area contributed by atoms with Crippen LogP contribution in [0.4, 0.5) is 0 Å². The van der Waals surface area contributed by atoms with Crippen LogP contribution in [-0.2, 0) is 17.8 Å². The predicted molar refractivity (Wildman–Crippen MR) is 139 cm³/mol. The molecule has 0 spiro atoms. The van der Waals surface area contributed by atoms with Crippen molar-refractivity contribution in [3.8, 4) is 5.69 Å². The molecule has 4 aromatic rings. The number of nitrogens with one attached hydrogen (secondary N) is 1. The Morgan fingerprint density at radius 3 is 2.29 bits per heavy atom. The minimum Gasteiger partial charge on any atom is -0.352 e. The first-order valence-corrected chi connectivity index (χ1v) is 12.7. The first-order valence-electron chi connectivity index (χ1n) is 11.0. The van der Waals surface area contributed by atoms with Gasteiger partial charge in [0.1, 0.15) is 5.82 Å². The molecule has 4 rings (SSSR count). The summed E-state index contributed by atoms with van der Waals surface area (Å²) in [7, 11) is 0. The van der Waals surface area contributed by atoms with Crippen LogP contribution < -0.4 is 5.32 Å². The lowest BCUT2D eigenvalue weighted by Crippen LogP contribution is -2.22. The van der Waals surface area contributed by atoms with Crippen molar-refractivity contribution in [2.75, 3.05) is 5.75 Å². The fourth-order valence-electron chi connectivity index (χ4n) is 3.45. The van der Waals surface area contributed by atoms with Crippen LogP contribution in [0.25, 0.3) is 5.69 Å². The number of nitrogens with zero attached hydrogens (tertiary/aromatic N) is 3. The molecule has 8 heteroatoms. The topological polar surface area (TPSA) is 59.8 Å². The third-order valence-electron chi connectivity index (χ3n) is 5.18. The molecule has 0 saturated carbocycles. The van der Waals surface area contributed by atoms with Gasteiger partial charge in [-0.1, -0.05) is 95.6 Å². The second kappa shape index (κ2) is 12.1. The Morgan fingerprint density at radius 1 is 0.882 bits per heavy atom. The van der Waals surface area contributed by atoms with E-state index in [1.54, 1.807) is 17.8 Å². The zero-order chi connectivity index (χ0) is 23.8. The highest BCUT2D eigenvalue weighted by Crippen LogP contribution is 2.29. The van der Waals surface area contributed by atoms with Crippen LogP contribution in [0.1, 0.15) is 29.8 Å². The van der Waals surface area contributed by atoms with Crippen LogP contribution in [-0.4, -0.2) is 26.4 Å². The van der Waals surface area contributed by atoms with Gasteiger partial charge in [0, 0.05) is 25.1 Å². The number of halogens is 2. The van der Waals surface area contributed by atoms with Crippen LogP contribution in [0.5, 0.6) is 0 Å². The first kappa shape index (κ1) is 24.3. The number of hydrogen-bond donors (Lipinski definition) is 1. The summed E-state index contributed by atoms with van der Waals surface area (Å²) in [5.74, 6) is 1.59. The van der Waals surface area contributed by atoms with Crippen LogP contribution >= 0.6 is 35.0 Å². The van der Waals surface area contributed by atoms with Crippen molar-refractivity contribution in [2.45, 2.75) is 31.0 Å². The molecule has 1 aromatic heterocycles. The van der Waals surface area contributed by atoms with Crippen molar-refractivity contribution in [1.29, 1.82) is 0 Å². The van der Waals surface area contributed by atoms with E-state index in [4.69, 9.17) is 23.2 Å². The molecule has 0 atom stereocenters.